The minimum atomic E-state index is -1.15. The second kappa shape index (κ2) is 7.99. The number of nitrogens with zero attached hydrogens (tertiary/aromatic N) is 3. The van der Waals surface area contributed by atoms with Gasteiger partial charge in [-0.3, -0.25) is 10.1 Å². The Bertz CT molecular complexity index is 1220. The van der Waals surface area contributed by atoms with Gasteiger partial charge in [0.2, 0.25) is 0 Å². The van der Waals surface area contributed by atoms with Gasteiger partial charge in [0.05, 0.1) is 11.2 Å². The van der Waals surface area contributed by atoms with Gasteiger partial charge in [0.25, 0.3) is 0 Å². The number of aromatic nitrogens is 3. The van der Waals surface area contributed by atoms with E-state index in [1.54, 1.807) is 30.3 Å². The summed E-state index contributed by atoms with van der Waals surface area (Å²) in [5.74, 6) is -0.194. The van der Waals surface area contributed by atoms with Crippen molar-refractivity contribution in [3.8, 4) is 11.3 Å². The molecule has 0 aliphatic heterocycles. The van der Waals surface area contributed by atoms with E-state index in [1.165, 1.54) is 17.6 Å². The molecular weight excluding hydrogens is 388 g/mol. The topological polar surface area (TPSA) is 105 Å². The van der Waals surface area contributed by atoms with E-state index in [-0.39, 0.29) is 5.78 Å². The average molecular weight is 402 g/mol. The minimum absolute atomic E-state index is 0.194. The predicted molar refractivity (Wildman–Crippen MR) is 112 cm³/mol. The van der Waals surface area contributed by atoms with Gasteiger partial charge in [0, 0.05) is 27.6 Å². The quantitative estimate of drug-likeness (QED) is 0.369. The van der Waals surface area contributed by atoms with E-state index in [0.717, 1.165) is 22.2 Å². The molecule has 4 aromatic rings. The highest BCUT2D eigenvalue weighted by Crippen LogP contribution is 2.23. The van der Waals surface area contributed by atoms with Crippen molar-refractivity contribution < 1.29 is 14.7 Å². The number of allylic oxidation sites excluding steroid dienone is 1. The Hall–Kier alpha value is -3.91. The van der Waals surface area contributed by atoms with Crippen LogP contribution in [-0.2, 0) is 0 Å². The van der Waals surface area contributed by atoms with Gasteiger partial charge in [0.15, 0.2) is 5.78 Å². The Labute approximate surface area is 169 Å². The maximum Gasteiger partial charge on any atom is 0.409 e. The SMILES string of the molecule is O=C(O)Nc1ccc(C(=O)C=Cc2ccc3cc(-c4csnn4)ccc3n2)cc1. The van der Waals surface area contributed by atoms with Gasteiger partial charge in [-0.2, -0.15) is 0 Å². The van der Waals surface area contributed by atoms with E-state index in [4.69, 9.17) is 5.11 Å². The molecule has 0 aliphatic carbocycles. The van der Waals surface area contributed by atoms with Crippen LogP contribution in [-0.4, -0.2) is 31.6 Å². The number of hydrogen-bond acceptors (Lipinski definition) is 6. The fourth-order valence-corrected chi connectivity index (χ4v) is 3.25. The van der Waals surface area contributed by atoms with Crippen molar-refractivity contribution in [2.24, 2.45) is 0 Å². The number of anilines is 1. The van der Waals surface area contributed by atoms with E-state index in [0.29, 0.717) is 16.9 Å². The maximum absolute atomic E-state index is 12.3. The van der Waals surface area contributed by atoms with Gasteiger partial charge in [0.1, 0.15) is 5.69 Å². The fourth-order valence-electron chi connectivity index (χ4n) is 2.78. The summed E-state index contributed by atoms with van der Waals surface area (Å²) in [6.45, 7) is 0. The summed E-state index contributed by atoms with van der Waals surface area (Å²) in [6.07, 6.45) is 1.95. The Balaban J connectivity index is 1.51. The summed E-state index contributed by atoms with van der Waals surface area (Å²) in [7, 11) is 0. The third kappa shape index (κ3) is 4.33. The van der Waals surface area contributed by atoms with Crippen molar-refractivity contribution >= 4 is 46.1 Å². The lowest BCUT2D eigenvalue weighted by Gasteiger charge is -2.02. The van der Waals surface area contributed by atoms with Gasteiger partial charge in [-0.25, -0.2) is 9.78 Å². The zero-order valence-electron chi connectivity index (χ0n) is 14.9. The number of carbonyl (C=O) groups excluding carboxylic acids is 1. The first-order chi connectivity index (χ1) is 14.1. The van der Waals surface area contributed by atoms with Crippen LogP contribution in [0, 0.1) is 0 Å². The van der Waals surface area contributed by atoms with Crippen LogP contribution in [0.2, 0.25) is 0 Å². The van der Waals surface area contributed by atoms with Crippen molar-refractivity contribution in [2.75, 3.05) is 5.32 Å². The van der Waals surface area contributed by atoms with Gasteiger partial charge >= 0.3 is 6.09 Å². The van der Waals surface area contributed by atoms with E-state index in [9.17, 15) is 9.59 Å². The van der Waals surface area contributed by atoms with Crippen LogP contribution in [0.4, 0.5) is 10.5 Å². The lowest BCUT2D eigenvalue weighted by Crippen LogP contribution is -2.07. The summed E-state index contributed by atoms with van der Waals surface area (Å²) < 4.78 is 3.88. The molecule has 2 aromatic heterocycles. The van der Waals surface area contributed by atoms with E-state index < -0.39 is 6.09 Å². The van der Waals surface area contributed by atoms with E-state index in [1.807, 2.05) is 35.7 Å². The number of benzene rings is 2. The van der Waals surface area contributed by atoms with Crippen LogP contribution in [0.1, 0.15) is 16.1 Å². The summed E-state index contributed by atoms with van der Waals surface area (Å²) in [5, 5.41) is 17.9. The van der Waals surface area contributed by atoms with Crippen LogP contribution in [0.5, 0.6) is 0 Å². The molecule has 29 heavy (non-hydrogen) atoms. The van der Waals surface area contributed by atoms with Crippen LogP contribution in [0.3, 0.4) is 0 Å². The molecule has 2 aromatic carbocycles. The number of carbonyl (C=O) groups is 2. The standard InChI is InChI=1S/C21H14N4O3S/c26-20(13-1-5-17(6-2-13)23-21(27)28)10-8-16-7-3-14-11-15(4-9-18(14)22-16)19-12-29-25-24-19/h1-12,23H,(H,27,28). The third-order valence-corrected chi connectivity index (χ3v) is 4.70. The Morgan fingerprint density at radius 2 is 1.86 bits per heavy atom. The molecule has 0 aliphatic rings. The second-order valence-electron chi connectivity index (χ2n) is 6.14. The highest BCUT2D eigenvalue weighted by atomic mass is 32.1. The molecule has 2 heterocycles. The monoisotopic (exact) mass is 402 g/mol. The molecule has 7 nitrogen and oxygen atoms in total. The lowest BCUT2D eigenvalue weighted by atomic mass is 10.1. The van der Waals surface area contributed by atoms with Gasteiger partial charge in [-0.15, -0.1) is 5.10 Å². The number of hydrogen-bond donors (Lipinski definition) is 2. The summed E-state index contributed by atoms with van der Waals surface area (Å²) >= 11 is 1.31. The third-order valence-electron chi connectivity index (χ3n) is 4.19. The summed E-state index contributed by atoms with van der Waals surface area (Å²) in [5.41, 5.74) is 4.15. The molecular formula is C21H14N4O3S. The molecule has 0 radical (unpaired) electrons. The molecule has 0 saturated heterocycles. The largest absolute Gasteiger partial charge is 0.465 e. The number of fused-ring (bicyclic) bond motifs is 1. The zero-order chi connectivity index (χ0) is 20.2. The van der Waals surface area contributed by atoms with Crippen molar-refractivity contribution in [3.05, 3.63) is 77.3 Å². The first kappa shape index (κ1) is 18.5. The lowest BCUT2D eigenvalue weighted by molar-refractivity contribution is 0.104. The van der Waals surface area contributed by atoms with Crippen LogP contribution in [0.15, 0.2) is 66.1 Å². The van der Waals surface area contributed by atoms with Crippen LogP contribution >= 0.6 is 11.5 Å². The van der Waals surface area contributed by atoms with Crippen LogP contribution < -0.4 is 5.32 Å². The molecule has 0 bridgehead atoms. The predicted octanol–water partition coefficient (Wildman–Crippen LogP) is 4.74. The Morgan fingerprint density at radius 3 is 2.59 bits per heavy atom. The molecule has 0 unspecified atom stereocenters. The second-order valence-corrected chi connectivity index (χ2v) is 6.75. The molecule has 0 saturated carbocycles. The highest BCUT2D eigenvalue weighted by Gasteiger charge is 2.05. The first-order valence-corrected chi connectivity index (χ1v) is 9.43. The number of rotatable bonds is 5. The molecule has 8 heteroatoms. The number of nitrogens with one attached hydrogen (secondary N) is 1. The highest BCUT2D eigenvalue weighted by molar-refractivity contribution is 7.03. The van der Waals surface area contributed by atoms with E-state index in [2.05, 4.69) is 19.9 Å². The molecule has 2 N–H and O–H groups in total. The summed E-state index contributed by atoms with van der Waals surface area (Å²) in [4.78, 5) is 27.5. The normalized spacial score (nSPS) is 11.0. The van der Waals surface area contributed by atoms with Gasteiger partial charge in [-0.1, -0.05) is 16.6 Å². The molecule has 0 fully saturated rings. The Morgan fingerprint density at radius 1 is 1.03 bits per heavy atom. The molecule has 1 amide bonds. The van der Waals surface area contributed by atoms with Crippen molar-refractivity contribution in [1.29, 1.82) is 0 Å². The fraction of sp³-hybridized carbons (Fsp3) is 0. The van der Waals surface area contributed by atoms with Gasteiger partial charge in [-0.05, 0) is 66.1 Å². The summed E-state index contributed by atoms with van der Waals surface area (Å²) in [6, 6.07) is 15.9. The number of amides is 1. The molecule has 0 spiro atoms. The number of ketones is 1. The zero-order valence-corrected chi connectivity index (χ0v) is 15.8. The Kier molecular flexibility index (Phi) is 5.08. The van der Waals surface area contributed by atoms with Gasteiger partial charge < -0.3 is 5.11 Å². The number of carboxylic acid groups (broad SMARTS) is 1. The van der Waals surface area contributed by atoms with Crippen molar-refractivity contribution in [2.45, 2.75) is 0 Å². The average Bonchev–Trinajstić information content (AvgIpc) is 3.26. The minimum Gasteiger partial charge on any atom is -0.465 e. The first-order valence-electron chi connectivity index (χ1n) is 8.59. The van der Waals surface area contributed by atoms with Crippen molar-refractivity contribution in [3.63, 3.8) is 0 Å². The molecule has 4 rings (SSSR count). The smallest absolute Gasteiger partial charge is 0.409 e. The van der Waals surface area contributed by atoms with E-state index >= 15 is 0 Å². The van der Waals surface area contributed by atoms with Crippen molar-refractivity contribution in [1.82, 2.24) is 14.6 Å². The van der Waals surface area contributed by atoms with Crippen LogP contribution in [0.25, 0.3) is 28.2 Å². The maximum atomic E-state index is 12.3. The molecule has 0 atom stereocenters. The number of pyridine rings is 1. The molecule has 142 valence electrons.